The van der Waals surface area contributed by atoms with Crippen molar-refractivity contribution in [2.45, 2.75) is 18.7 Å². The first-order chi connectivity index (χ1) is 10.6. The van der Waals surface area contributed by atoms with Crippen LogP contribution in [0.25, 0.3) is 5.70 Å². The molecule has 1 heterocycles. The second-order valence-corrected chi connectivity index (χ2v) is 6.14. The number of carbonyl (C=O) groups is 1. The van der Waals surface area contributed by atoms with Crippen molar-refractivity contribution in [2.24, 2.45) is 0 Å². The molecule has 1 radical (unpaired) electrons. The van der Waals surface area contributed by atoms with Crippen LogP contribution in [-0.2, 0) is 42.2 Å². The predicted molar refractivity (Wildman–Crippen MR) is 89.8 cm³/mol. The summed E-state index contributed by atoms with van der Waals surface area (Å²) in [4.78, 5) is 13.8. The topological polar surface area (TPSA) is 38.8 Å². The smallest absolute Gasteiger partial charge is 0.241 e. The van der Waals surface area contributed by atoms with Crippen molar-refractivity contribution in [3.63, 3.8) is 0 Å². The minimum absolute atomic E-state index is 0. The zero-order valence-corrected chi connectivity index (χ0v) is 18.3. The number of halogens is 2. The van der Waals surface area contributed by atoms with E-state index in [1.54, 1.807) is 12.0 Å². The second-order valence-electron chi connectivity index (χ2n) is 4.76. The molecule has 0 N–H and O–H groups in total. The average Bonchev–Trinajstić information content (AvgIpc) is 2.51. The Labute approximate surface area is 175 Å². The van der Waals surface area contributed by atoms with E-state index in [0.717, 1.165) is 21.5 Å². The summed E-state index contributed by atoms with van der Waals surface area (Å²) < 4.78 is 11.4. The van der Waals surface area contributed by atoms with Crippen LogP contribution in [0.1, 0.15) is 18.9 Å². The van der Waals surface area contributed by atoms with Crippen molar-refractivity contribution in [1.29, 1.82) is 0 Å². The number of benzene rings is 1. The van der Waals surface area contributed by atoms with Crippen LogP contribution < -0.4 is 4.74 Å². The van der Waals surface area contributed by atoms with Crippen molar-refractivity contribution in [3.8, 4) is 5.75 Å². The molecule has 2 rings (SSSR count). The minimum Gasteiger partial charge on any atom is -0.491 e. The Balaban J connectivity index is 0.00000264. The molecule has 0 spiro atoms. The van der Waals surface area contributed by atoms with Crippen LogP contribution in [0.3, 0.4) is 0 Å². The molecule has 0 bridgehead atoms. The molecule has 123 valence electrons. The van der Waals surface area contributed by atoms with Crippen LogP contribution in [0.4, 0.5) is 0 Å². The molecule has 0 aliphatic carbocycles. The maximum Gasteiger partial charge on any atom is 0.241 e. The predicted octanol–water partition coefficient (Wildman–Crippen LogP) is 3.48. The molecule has 1 unspecified atom stereocenters. The Morgan fingerprint density at radius 2 is 2.17 bits per heavy atom. The van der Waals surface area contributed by atoms with Gasteiger partial charge in [-0.15, -0.1) is 28.9 Å². The number of nitrogens with zero attached hydrogens (tertiary/aromatic N) is 1. The van der Waals surface area contributed by atoms with Gasteiger partial charge in [0.1, 0.15) is 17.7 Å². The molecule has 0 aromatic heterocycles. The summed E-state index contributed by atoms with van der Waals surface area (Å²) in [7, 11) is 1.63. The quantitative estimate of drug-likeness (QED) is 0.359. The third-order valence-corrected chi connectivity index (χ3v) is 4.32. The van der Waals surface area contributed by atoms with E-state index in [1.165, 1.54) is 0 Å². The van der Waals surface area contributed by atoms with E-state index < -0.39 is 5.38 Å². The van der Waals surface area contributed by atoms with Gasteiger partial charge in [-0.25, -0.2) is 6.08 Å². The minimum atomic E-state index is -0.529. The number of allylic oxidation sites excluding steroid dienone is 1. The van der Waals surface area contributed by atoms with Crippen LogP contribution in [0.2, 0.25) is 0 Å². The summed E-state index contributed by atoms with van der Waals surface area (Å²) in [6, 6.07) is 5.67. The van der Waals surface area contributed by atoms with Crippen LogP contribution in [-0.4, -0.2) is 43.1 Å². The number of alkyl halides is 1. The number of ether oxygens (including phenoxy) is 2. The van der Waals surface area contributed by atoms with Gasteiger partial charge in [-0.1, -0.05) is 26.8 Å². The molecular formula is C16H18BrClNO3Y-. The first-order valence-electron chi connectivity index (χ1n) is 7.06. The van der Waals surface area contributed by atoms with E-state index in [4.69, 9.17) is 21.1 Å². The van der Waals surface area contributed by atoms with Crippen molar-refractivity contribution in [1.82, 2.24) is 4.90 Å². The van der Waals surface area contributed by atoms with Gasteiger partial charge in [-0.3, -0.25) is 4.79 Å². The third kappa shape index (κ3) is 5.27. The zero-order chi connectivity index (χ0) is 16.1. The van der Waals surface area contributed by atoms with Crippen molar-refractivity contribution in [2.75, 3.05) is 26.9 Å². The van der Waals surface area contributed by atoms with E-state index in [9.17, 15) is 4.79 Å². The van der Waals surface area contributed by atoms with Gasteiger partial charge in [0.15, 0.2) is 0 Å². The van der Waals surface area contributed by atoms with Gasteiger partial charge in [0.05, 0.1) is 6.61 Å². The van der Waals surface area contributed by atoms with Gasteiger partial charge in [0.2, 0.25) is 5.91 Å². The summed E-state index contributed by atoms with van der Waals surface area (Å²) in [5, 5.41) is -0.529. The summed E-state index contributed by atoms with van der Waals surface area (Å²) in [5.74, 6) is 0.666. The molecule has 0 saturated carbocycles. The van der Waals surface area contributed by atoms with Crippen LogP contribution >= 0.6 is 27.5 Å². The number of rotatable bonds is 6. The Kier molecular flexibility index (Phi) is 9.31. The number of hydrogen-bond acceptors (Lipinski definition) is 3. The van der Waals surface area contributed by atoms with E-state index >= 15 is 0 Å². The summed E-state index contributed by atoms with van der Waals surface area (Å²) >= 11 is 9.56. The van der Waals surface area contributed by atoms with Gasteiger partial charge >= 0.3 is 0 Å². The number of methoxy groups -OCH3 is 1. The first-order valence-corrected chi connectivity index (χ1v) is 8.29. The Hall–Kier alpha value is 0.0639. The Morgan fingerprint density at radius 1 is 1.43 bits per heavy atom. The molecule has 1 amide bonds. The van der Waals surface area contributed by atoms with Crippen LogP contribution in [0.5, 0.6) is 5.75 Å². The SMILES string of the molecule is CCN1C(=O)C(Cl)C[C-]=C1c1ccc(OCCOC)cc1Br.[Y]. The van der Waals surface area contributed by atoms with Crippen LogP contribution in [0, 0.1) is 6.08 Å². The largest absolute Gasteiger partial charge is 0.491 e. The van der Waals surface area contributed by atoms with E-state index in [2.05, 4.69) is 22.0 Å². The summed E-state index contributed by atoms with van der Waals surface area (Å²) in [6.45, 7) is 3.51. The fourth-order valence-corrected chi connectivity index (χ4v) is 2.96. The Morgan fingerprint density at radius 3 is 2.78 bits per heavy atom. The standard InChI is InChI=1S/C16H18BrClNO3.Y/c1-3-19-15(7-6-14(18)16(19)20)12-5-4-11(10-13(12)17)22-9-8-21-2;/h4-5,10,14H,3,6,8-9H2,1-2H3;/q-1;. The summed E-state index contributed by atoms with van der Waals surface area (Å²) in [6.07, 6.45) is 3.65. The van der Waals surface area contributed by atoms with Crippen molar-refractivity contribution in [3.05, 3.63) is 34.3 Å². The van der Waals surface area contributed by atoms with Gasteiger partial charge in [-0.05, 0) is 19.1 Å². The van der Waals surface area contributed by atoms with Crippen molar-refractivity contribution < 1.29 is 47.0 Å². The molecule has 7 heteroatoms. The third-order valence-electron chi connectivity index (χ3n) is 3.32. The maximum atomic E-state index is 12.2. The zero-order valence-electron chi connectivity index (χ0n) is 13.1. The van der Waals surface area contributed by atoms with Gasteiger partial charge in [0, 0.05) is 46.4 Å². The molecule has 0 fully saturated rings. The van der Waals surface area contributed by atoms with E-state index in [0.29, 0.717) is 26.2 Å². The fourth-order valence-electron chi connectivity index (χ4n) is 2.22. The molecule has 1 aromatic rings. The maximum absolute atomic E-state index is 12.2. The van der Waals surface area contributed by atoms with E-state index in [1.807, 2.05) is 25.1 Å². The molecule has 1 aromatic carbocycles. The normalized spacial score (nSPS) is 17.6. The van der Waals surface area contributed by atoms with Crippen molar-refractivity contribution >= 4 is 39.1 Å². The molecule has 23 heavy (non-hydrogen) atoms. The monoisotopic (exact) mass is 475 g/mol. The molecule has 4 nitrogen and oxygen atoms in total. The second kappa shape index (κ2) is 10.1. The molecule has 0 saturated heterocycles. The number of hydrogen-bond donors (Lipinski definition) is 0. The molecule has 1 atom stereocenters. The fraction of sp³-hybridized carbons (Fsp3) is 0.438. The van der Waals surface area contributed by atoms with Gasteiger partial charge < -0.3 is 14.4 Å². The molecule has 1 aliphatic rings. The average molecular weight is 477 g/mol. The number of carbonyl (C=O) groups excluding carboxylic acids is 1. The van der Waals surface area contributed by atoms with Crippen LogP contribution in [0.15, 0.2) is 22.7 Å². The summed E-state index contributed by atoms with van der Waals surface area (Å²) in [5.41, 5.74) is 1.66. The van der Waals surface area contributed by atoms with Gasteiger partial charge in [0.25, 0.3) is 0 Å². The number of amides is 1. The molecule has 1 aliphatic heterocycles. The van der Waals surface area contributed by atoms with E-state index in [-0.39, 0.29) is 38.6 Å². The first kappa shape index (κ1) is 21.1. The molecular weight excluding hydrogens is 458 g/mol. The van der Waals surface area contributed by atoms with Gasteiger partial charge in [-0.2, -0.15) is 0 Å². The Bertz CT molecular complexity index is 582.